The molecule has 154 valence electrons. The lowest BCUT2D eigenvalue weighted by atomic mass is 9.97. The minimum absolute atomic E-state index is 0.0193. The van der Waals surface area contributed by atoms with Crippen LogP contribution in [0.4, 0.5) is 0 Å². The lowest BCUT2D eigenvalue weighted by Gasteiger charge is -2.29. The lowest BCUT2D eigenvalue weighted by molar-refractivity contribution is -0.138. The lowest BCUT2D eigenvalue weighted by Crippen LogP contribution is -2.50. The molecule has 30 heavy (non-hydrogen) atoms. The number of carbonyl (C=O) groups is 2. The van der Waals surface area contributed by atoms with Crippen LogP contribution in [0.3, 0.4) is 0 Å². The summed E-state index contributed by atoms with van der Waals surface area (Å²) in [6.45, 7) is 2.89. The van der Waals surface area contributed by atoms with Crippen molar-refractivity contribution in [1.29, 1.82) is 0 Å². The van der Waals surface area contributed by atoms with Gasteiger partial charge in [0.25, 0.3) is 11.8 Å². The van der Waals surface area contributed by atoms with Gasteiger partial charge in [-0.15, -0.1) is 0 Å². The number of amides is 2. The zero-order valence-corrected chi connectivity index (χ0v) is 16.8. The molecular weight excluding hydrogens is 406 g/mol. The first kappa shape index (κ1) is 18.9. The molecule has 3 aromatic rings. The maximum atomic E-state index is 13.0. The van der Waals surface area contributed by atoms with Crippen molar-refractivity contribution in [3.63, 3.8) is 0 Å². The molecule has 4 N–H and O–H groups in total. The molecule has 5 rings (SSSR count). The van der Waals surface area contributed by atoms with Gasteiger partial charge in [0.2, 0.25) is 0 Å². The van der Waals surface area contributed by atoms with Crippen LogP contribution >= 0.6 is 11.6 Å². The second-order valence-corrected chi connectivity index (χ2v) is 7.91. The minimum Gasteiger partial charge on any atom is -0.479 e. The fourth-order valence-corrected chi connectivity index (χ4v) is 4.47. The number of nitrogens with zero attached hydrogens (tertiary/aromatic N) is 2. The van der Waals surface area contributed by atoms with Gasteiger partial charge in [-0.2, -0.15) is 0 Å². The third kappa shape index (κ3) is 3.09. The predicted molar refractivity (Wildman–Crippen MR) is 113 cm³/mol. The van der Waals surface area contributed by atoms with Crippen molar-refractivity contribution in [3.05, 3.63) is 46.7 Å². The number of nitrogens with one attached hydrogen (secondary N) is 2. The Kier molecular flexibility index (Phi) is 4.60. The minimum atomic E-state index is -0.588. The van der Waals surface area contributed by atoms with E-state index in [4.69, 9.17) is 22.1 Å². The molecule has 2 aliphatic rings. The van der Waals surface area contributed by atoms with Gasteiger partial charge in [0, 0.05) is 66.5 Å². The summed E-state index contributed by atoms with van der Waals surface area (Å²) >= 11 is 6.41. The Labute approximate surface area is 177 Å². The molecule has 0 spiro atoms. The fraction of sp³-hybridized carbons (Fsp3) is 0.286. The molecule has 9 heteroatoms. The molecule has 1 fully saturated rings. The molecule has 0 aliphatic carbocycles. The molecule has 2 amide bonds. The molecule has 1 atom stereocenters. The number of aromatic nitrogens is 2. The summed E-state index contributed by atoms with van der Waals surface area (Å²) in [6.07, 6.45) is 3.06. The first-order chi connectivity index (χ1) is 14.5. The van der Waals surface area contributed by atoms with Crippen molar-refractivity contribution in [1.82, 2.24) is 20.2 Å². The highest BCUT2D eigenvalue weighted by Gasteiger charge is 2.35. The van der Waals surface area contributed by atoms with Crippen LogP contribution in [-0.2, 0) is 11.2 Å². The topological polar surface area (TPSA) is 113 Å². The van der Waals surface area contributed by atoms with Gasteiger partial charge in [0.05, 0.1) is 5.56 Å². The van der Waals surface area contributed by atoms with E-state index in [0.717, 1.165) is 24.2 Å². The average Bonchev–Trinajstić information content (AvgIpc) is 3.37. The SMILES string of the molecule is NC(=O)c1c[nH]c2nccc(-c3cc(Cl)cc4c3OC(C(=O)N3CCNCC3)C4)c12. The largest absolute Gasteiger partial charge is 0.479 e. The first-order valence-corrected chi connectivity index (χ1v) is 10.2. The number of primary amides is 1. The zero-order valence-electron chi connectivity index (χ0n) is 16.1. The Morgan fingerprint density at radius 2 is 2.03 bits per heavy atom. The first-order valence-electron chi connectivity index (χ1n) is 9.78. The average molecular weight is 426 g/mol. The standard InChI is InChI=1S/C21H20ClN5O3/c22-12-7-11-8-16(21(29)27-5-3-24-4-6-27)30-18(11)14(9-12)13-1-2-25-20-17(13)15(10-26-20)19(23)28/h1-2,7,9-10,16,24H,3-6,8H2,(H2,23,28)(H,25,26). The predicted octanol–water partition coefficient (Wildman–Crippen LogP) is 1.72. The molecule has 1 saturated heterocycles. The van der Waals surface area contributed by atoms with Crippen LogP contribution in [0.15, 0.2) is 30.6 Å². The highest BCUT2D eigenvalue weighted by molar-refractivity contribution is 6.31. The van der Waals surface area contributed by atoms with Gasteiger partial charge in [0.15, 0.2) is 6.10 Å². The highest BCUT2D eigenvalue weighted by Crippen LogP contribution is 2.43. The zero-order chi connectivity index (χ0) is 20.8. The molecule has 2 aliphatic heterocycles. The maximum absolute atomic E-state index is 13.0. The quantitative estimate of drug-likeness (QED) is 0.591. The summed E-state index contributed by atoms with van der Waals surface area (Å²) in [5.41, 5.74) is 8.75. The van der Waals surface area contributed by atoms with Gasteiger partial charge in [0.1, 0.15) is 11.4 Å². The van der Waals surface area contributed by atoms with Crippen molar-refractivity contribution in [2.75, 3.05) is 26.2 Å². The van der Waals surface area contributed by atoms with E-state index in [1.165, 1.54) is 0 Å². The summed E-state index contributed by atoms with van der Waals surface area (Å²) in [6, 6.07) is 5.41. The Balaban J connectivity index is 1.58. The van der Waals surface area contributed by atoms with Crippen molar-refractivity contribution in [2.45, 2.75) is 12.5 Å². The molecule has 4 heterocycles. The van der Waals surface area contributed by atoms with Crippen LogP contribution in [0, 0.1) is 0 Å². The van der Waals surface area contributed by atoms with Crippen LogP contribution in [0.2, 0.25) is 5.02 Å². The van der Waals surface area contributed by atoms with E-state index in [1.54, 1.807) is 24.5 Å². The Bertz CT molecular complexity index is 1170. The van der Waals surface area contributed by atoms with Crippen LogP contribution in [-0.4, -0.2) is 59.0 Å². The second-order valence-electron chi connectivity index (χ2n) is 7.48. The Hall–Kier alpha value is -3.10. The van der Waals surface area contributed by atoms with E-state index >= 15 is 0 Å². The third-order valence-electron chi connectivity index (χ3n) is 5.63. The summed E-state index contributed by atoms with van der Waals surface area (Å²) in [5.74, 6) is 0.0352. The molecule has 0 bridgehead atoms. The van der Waals surface area contributed by atoms with E-state index < -0.39 is 12.0 Å². The van der Waals surface area contributed by atoms with Crippen molar-refractivity contribution in [2.24, 2.45) is 5.73 Å². The Morgan fingerprint density at radius 1 is 1.23 bits per heavy atom. The molecule has 0 radical (unpaired) electrons. The monoisotopic (exact) mass is 425 g/mol. The molecule has 8 nitrogen and oxygen atoms in total. The molecule has 0 saturated carbocycles. The molecule has 1 unspecified atom stereocenters. The van der Waals surface area contributed by atoms with Crippen molar-refractivity contribution < 1.29 is 14.3 Å². The van der Waals surface area contributed by atoms with E-state index in [0.29, 0.717) is 52.4 Å². The number of hydrogen-bond acceptors (Lipinski definition) is 5. The van der Waals surface area contributed by atoms with Gasteiger partial charge in [-0.1, -0.05) is 11.6 Å². The number of halogens is 1. The van der Waals surface area contributed by atoms with E-state index in [9.17, 15) is 9.59 Å². The van der Waals surface area contributed by atoms with Gasteiger partial charge in [-0.25, -0.2) is 4.98 Å². The molecular formula is C21H20ClN5O3. The van der Waals surface area contributed by atoms with Crippen LogP contribution < -0.4 is 15.8 Å². The summed E-state index contributed by atoms with van der Waals surface area (Å²) < 4.78 is 6.17. The second kappa shape index (κ2) is 7.30. The number of piperazine rings is 1. The number of rotatable bonds is 3. The number of H-pyrrole nitrogens is 1. The number of aromatic amines is 1. The third-order valence-corrected chi connectivity index (χ3v) is 5.85. The number of benzene rings is 1. The van der Waals surface area contributed by atoms with Gasteiger partial charge in [-0.05, 0) is 23.8 Å². The summed E-state index contributed by atoms with van der Waals surface area (Å²) in [4.78, 5) is 34.0. The van der Waals surface area contributed by atoms with Crippen LogP contribution in [0.1, 0.15) is 15.9 Å². The van der Waals surface area contributed by atoms with E-state index in [2.05, 4.69) is 15.3 Å². The number of nitrogens with two attached hydrogens (primary N) is 1. The van der Waals surface area contributed by atoms with E-state index in [1.807, 2.05) is 11.0 Å². The number of carbonyl (C=O) groups excluding carboxylic acids is 2. The Morgan fingerprint density at radius 3 is 2.80 bits per heavy atom. The fourth-order valence-electron chi connectivity index (χ4n) is 4.23. The highest BCUT2D eigenvalue weighted by atomic mass is 35.5. The van der Waals surface area contributed by atoms with Gasteiger partial charge in [-0.3, -0.25) is 9.59 Å². The smallest absolute Gasteiger partial charge is 0.264 e. The van der Waals surface area contributed by atoms with Gasteiger partial charge < -0.3 is 25.7 Å². The number of pyridine rings is 1. The van der Waals surface area contributed by atoms with Crippen molar-refractivity contribution in [3.8, 4) is 16.9 Å². The summed E-state index contributed by atoms with van der Waals surface area (Å²) in [7, 11) is 0. The van der Waals surface area contributed by atoms with Crippen LogP contribution in [0.25, 0.3) is 22.2 Å². The molecule has 2 aromatic heterocycles. The summed E-state index contributed by atoms with van der Waals surface area (Å²) in [5, 5.41) is 4.38. The van der Waals surface area contributed by atoms with Gasteiger partial charge >= 0.3 is 0 Å². The molecule has 1 aromatic carbocycles. The number of hydrogen-bond donors (Lipinski definition) is 3. The maximum Gasteiger partial charge on any atom is 0.264 e. The number of ether oxygens (including phenoxy) is 1. The van der Waals surface area contributed by atoms with Crippen LogP contribution in [0.5, 0.6) is 5.75 Å². The van der Waals surface area contributed by atoms with Crippen molar-refractivity contribution >= 4 is 34.4 Å². The normalized spacial score (nSPS) is 18.3. The number of fused-ring (bicyclic) bond motifs is 2. The van der Waals surface area contributed by atoms with E-state index in [-0.39, 0.29) is 5.91 Å².